The molecule has 1 aromatic rings. The van der Waals surface area contributed by atoms with Crippen molar-refractivity contribution in [1.29, 1.82) is 5.26 Å². The first-order valence-electron chi connectivity index (χ1n) is 7.35. The summed E-state index contributed by atoms with van der Waals surface area (Å²) in [6, 6.07) is 8.55. The Balaban J connectivity index is 1.79. The standard InChI is InChI=1S/C15H19N3O2S/c16-11-13-4-6-15(7-5-13)21(19,20)18-10-9-17-8-2-1-3-14(17)12-18/h4-7,14H,1-3,8-10,12H2/t14-/m1/s1. The molecule has 1 aromatic carbocycles. The highest BCUT2D eigenvalue weighted by atomic mass is 32.2. The molecule has 5 nitrogen and oxygen atoms in total. The number of benzene rings is 1. The smallest absolute Gasteiger partial charge is 0.243 e. The quantitative estimate of drug-likeness (QED) is 0.829. The zero-order chi connectivity index (χ0) is 14.9. The van der Waals surface area contributed by atoms with Gasteiger partial charge in [0.1, 0.15) is 0 Å². The minimum atomic E-state index is -3.44. The van der Waals surface area contributed by atoms with E-state index in [0.717, 1.165) is 19.5 Å². The summed E-state index contributed by atoms with van der Waals surface area (Å²) in [6.07, 6.45) is 3.49. The van der Waals surface area contributed by atoms with Gasteiger partial charge in [-0.05, 0) is 43.7 Å². The van der Waals surface area contributed by atoms with Crippen LogP contribution >= 0.6 is 0 Å². The Morgan fingerprint density at radius 3 is 2.57 bits per heavy atom. The van der Waals surface area contributed by atoms with Gasteiger partial charge in [0, 0.05) is 25.7 Å². The largest absolute Gasteiger partial charge is 0.298 e. The van der Waals surface area contributed by atoms with E-state index >= 15 is 0 Å². The zero-order valence-electron chi connectivity index (χ0n) is 11.9. The van der Waals surface area contributed by atoms with E-state index < -0.39 is 10.0 Å². The second kappa shape index (κ2) is 5.76. The highest BCUT2D eigenvalue weighted by Crippen LogP contribution is 2.25. The van der Waals surface area contributed by atoms with Crippen molar-refractivity contribution in [1.82, 2.24) is 9.21 Å². The number of piperidine rings is 1. The van der Waals surface area contributed by atoms with Crippen molar-refractivity contribution >= 4 is 10.0 Å². The van der Waals surface area contributed by atoms with Crippen LogP contribution in [0, 0.1) is 11.3 Å². The monoisotopic (exact) mass is 305 g/mol. The Morgan fingerprint density at radius 2 is 1.86 bits per heavy atom. The minimum absolute atomic E-state index is 0.283. The number of hydrogen-bond donors (Lipinski definition) is 0. The molecule has 0 aromatic heterocycles. The van der Waals surface area contributed by atoms with Gasteiger partial charge in [-0.15, -0.1) is 0 Å². The molecule has 0 unspecified atom stereocenters. The van der Waals surface area contributed by atoms with Gasteiger partial charge in [0.25, 0.3) is 0 Å². The molecule has 0 bridgehead atoms. The number of nitrogens with zero attached hydrogens (tertiary/aromatic N) is 3. The molecule has 21 heavy (non-hydrogen) atoms. The van der Waals surface area contributed by atoms with Gasteiger partial charge in [-0.1, -0.05) is 6.42 Å². The van der Waals surface area contributed by atoms with E-state index in [1.54, 1.807) is 16.4 Å². The van der Waals surface area contributed by atoms with Crippen LogP contribution in [-0.2, 0) is 10.0 Å². The molecule has 0 saturated carbocycles. The second-order valence-electron chi connectivity index (χ2n) is 5.68. The van der Waals surface area contributed by atoms with Crippen LogP contribution in [-0.4, -0.2) is 49.8 Å². The van der Waals surface area contributed by atoms with Crippen LogP contribution in [0.4, 0.5) is 0 Å². The van der Waals surface area contributed by atoms with Crippen LogP contribution in [0.1, 0.15) is 24.8 Å². The normalized spacial score (nSPS) is 24.2. The number of rotatable bonds is 2. The molecule has 0 spiro atoms. The van der Waals surface area contributed by atoms with Crippen LogP contribution in [0.3, 0.4) is 0 Å². The third kappa shape index (κ3) is 2.82. The van der Waals surface area contributed by atoms with Crippen molar-refractivity contribution in [3.63, 3.8) is 0 Å². The fraction of sp³-hybridized carbons (Fsp3) is 0.533. The van der Waals surface area contributed by atoms with Crippen molar-refractivity contribution in [2.24, 2.45) is 0 Å². The molecule has 6 heteroatoms. The van der Waals surface area contributed by atoms with E-state index in [1.165, 1.54) is 25.0 Å². The first-order chi connectivity index (χ1) is 10.1. The molecule has 2 heterocycles. The van der Waals surface area contributed by atoms with Crippen molar-refractivity contribution in [2.75, 3.05) is 26.2 Å². The van der Waals surface area contributed by atoms with Gasteiger partial charge in [-0.3, -0.25) is 4.90 Å². The molecule has 2 fully saturated rings. The maximum atomic E-state index is 12.7. The Bertz CT molecular complexity index is 648. The molecule has 2 aliphatic rings. The van der Waals surface area contributed by atoms with Crippen molar-refractivity contribution in [2.45, 2.75) is 30.2 Å². The van der Waals surface area contributed by atoms with Gasteiger partial charge in [0.2, 0.25) is 10.0 Å². The van der Waals surface area contributed by atoms with Gasteiger partial charge < -0.3 is 0 Å². The van der Waals surface area contributed by atoms with E-state index in [4.69, 9.17) is 5.26 Å². The average Bonchev–Trinajstić information content (AvgIpc) is 2.54. The van der Waals surface area contributed by atoms with Gasteiger partial charge >= 0.3 is 0 Å². The van der Waals surface area contributed by atoms with E-state index in [2.05, 4.69) is 4.90 Å². The molecular formula is C15H19N3O2S. The lowest BCUT2D eigenvalue weighted by atomic mass is 10.0. The zero-order valence-corrected chi connectivity index (χ0v) is 12.7. The van der Waals surface area contributed by atoms with Crippen LogP contribution in [0.2, 0.25) is 0 Å². The maximum Gasteiger partial charge on any atom is 0.243 e. The first-order valence-corrected chi connectivity index (χ1v) is 8.79. The molecule has 0 amide bonds. The molecular weight excluding hydrogens is 286 g/mol. The molecule has 0 radical (unpaired) electrons. The van der Waals surface area contributed by atoms with Crippen LogP contribution in [0.5, 0.6) is 0 Å². The summed E-state index contributed by atoms with van der Waals surface area (Å²) in [6.45, 7) is 3.05. The van der Waals surface area contributed by atoms with E-state index in [9.17, 15) is 8.42 Å². The average molecular weight is 305 g/mol. The second-order valence-corrected chi connectivity index (χ2v) is 7.62. The number of hydrogen-bond acceptors (Lipinski definition) is 4. The summed E-state index contributed by atoms with van der Waals surface area (Å²) in [7, 11) is -3.44. The number of nitriles is 1. The number of piperazine rings is 1. The highest BCUT2D eigenvalue weighted by Gasteiger charge is 2.34. The Hall–Kier alpha value is -1.42. The SMILES string of the molecule is N#Cc1ccc(S(=O)(=O)N2CCN3CCCC[C@@H]3C2)cc1. The maximum absolute atomic E-state index is 12.7. The lowest BCUT2D eigenvalue weighted by Crippen LogP contribution is -2.56. The van der Waals surface area contributed by atoms with Crippen molar-refractivity contribution in [3.05, 3.63) is 29.8 Å². The third-order valence-electron chi connectivity index (χ3n) is 4.42. The summed E-state index contributed by atoms with van der Waals surface area (Å²) in [5, 5.41) is 8.79. The van der Waals surface area contributed by atoms with Crippen LogP contribution in [0.25, 0.3) is 0 Å². The Labute approximate surface area is 125 Å². The fourth-order valence-corrected chi connectivity index (χ4v) is 4.66. The molecule has 3 rings (SSSR count). The first kappa shape index (κ1) is 14.5. The molecule has 112 valence electrons. The molecule has 2 saturated heterocycles. The topological polar surface area (TPSA) is 64.4 Å². The number of fused-ring (bicyclic) bond motifs is 1. The molecule has 0 N–H and O–H groups in total. The van der Waals surface area contributed by atoms with Gasteiger partial charge in [-0.2, -0.15) is 9.57 Å². The predicted octanol–water partition coefficient (Wildman–Crippen LogP) is 1.42. The highest BCUT2D eigenvalue weighted by molar-refractivity contribution is 7.89. The Morgan fingerprint density at radius 1 is 1.10 bits per heavy atom. The van der Waals surface area contributed by atoms with E-state index in [0.29, 0.717) is 24.7 Å². The van der Waals surface area contributed by atoms with Gasteiger partial charge in [0.15, 0.2) is 0 Å². The van der Waals surface area contributed by atoms with Crippen molar-refractivity contribution in [3.8, 4) is 6.07 Å². The lowest BCUT2D eigenvalue weighted by Gasteiger charge is -2.43. The molecule has 2 aliphatic heterocycles. The Kier molecular flexibility index (Phi) is 3.98. The molecule has 0 aliphatic carbocycles. The fourth-order valence-electron chi connectivity index (χ4n) is 3.20. The summed E-state index contributed by atoms with van der Waals surface area (Å²) in [5.41, 5.74) is 0.478. The van der Waals surface area contributed by atoms with Gasteiger partial charge in [0.05, 0.1) is 16.5 Å². The van der Waals surface area contributed by atoms with E-state index in [-0.39, 0.29) is 4.90 Å². The summed E-state index contributed by atoms with van der Waals surface area (Å²) < 4.78 is 27.0. The van der Waals surface area contributed by atoms with E-state index in [1.807, 2.05) is 6.07 Å². The van der Waals surface area contributed by atoms with Crippen molar-refractivity contribution < 1.29 is 8.42 Å². The predicted molar refractivity (Wildman–Crippen MR) is 79.1 cm³/mol. The summed E-state index contributed by atoms with van der Waals surface area (Å²) in [4.78, 5) is 2.69. The number of sulfonamides is 1. The van der Waals surface area contributed by atoms with Crippen LogP contribution in [0.15, 0.2) is 29.2 Å². The van der Waals surface area contributed by atoms with Crippen LogP contribution < -0.4 is 0 Å². The summed E-state index contributed by atoms with van der Waals surface area (Å²) >= 11 is 0. The van der Waals surface area contributed by atoms with Gasteiger partial charge in [-0.25, -0.2) is 8.42 Å². The molecule has 1 atom stereocenters. The summed E-state index contributed by atoms with van der Waals surface area (Å²) in [5.74, 6) is 0. The lowest BCUT2D eigenvalue weighted by molar-refractivity contribution is 0.0852. The third-order valence-corrected chi connectivity index (χ3v) is 6.30. The minimum Gasteiger partial charge on any atom is -0.298 e.